The lowest BCUT2D eigenvalue weighted by molar-refractivity contribution is -0.154. The molecule has 0 N–H and O–H groups in total. The van der Waals surface area contributed by atoms with Crippen LogP contribution < -0.4 is 4.74 Å². The molecule has 0 aromatic heterocycles. The molecule has 1 aromatic carbocycles. The smallest absolute Gasteiger partial charge is 0.422 e. The molecule has 0 aliphatic rings. The molecule has 0 aliphatic carbocycles. The predicted molar refractivity (Wildman–Crippen MR) is 58.7 cm³/mol. The first-order chi connectivity index (χ1) is 9.80. The minimum absolute atomic E-state index is 0.267. The van der Waals surface area contributed by atoms with E-state index in [2.05, 4.69) is 4.74 Å². The maximum absolute atomic E-state index is 13.6. The van der Waals surface area contributed by atoms with Crippen LogP contribution in [-0.2, 0) is 10.0 Å². The molecule has 1 rings (SSSR count). The quantitative estimate of drug-likeness (QED) is 0.474. The Balaban J connectivity index is 3.66. The van der Waals surface area contributed by atoms with Crippen LogP contribution in [0.2, 0.25) is 0 Å². The summed E-state index contributed by atoms with van der Waals surface area (Å²) in [4.78, 5) is -1.86. The Morgan fingerprint density at radius 2 is 1.41 bits per heavy atom. The summed E-state index contributed by atoms with van der Waals surface area (Å²) in [6, 6.07) is 0. The Labute approximate surface area is 120 Å². The molecule has 0 unspecified atom stereocenters. The molecule has 0 heterocycles. The van der Waals surface area contributed by atoms with Gasteiger partial charge in [0, 0.05) is 14.1 Å². The second-order valence-electron chi connectivity index (χ2n) is 4.11. The van der Waals surface area contributed by atoms with Crippen molar-refractivity contribution in [2.45, 2.75) is 11.1 Å². The summed E-state index contributed by atoms with van der Waals surface area (Å²) in [6.07, 6.45) is -5.05. The number of hydrogen-bond acceptors (Lipinski definition) is 3. The molecule has 0 atom stereocenters. The van der Waals surface area contributed by atoms with Crippen molar-refractivity contribution >= 4 is 10.0 Å². The van der Waals surface area contributed by atoms with E-state index in [0.717, 1.165) is 14.1 Å². The van der Waals surface area contributed by atoms with E-state index in [9.17, 15) is 39.2 Å². The van der Waals surface area contributed by atoms with Gasteiger partial charge in [-0.2, -0.15) is 17.6 Å². The molecule has 0 aliphatic heterocycles. The largest absolute Gasteiger partial charge is 0.479 e. The highest BCUT2D eigenvalue weighted by Gasteiger charge is 2.37. The van der Waals surface area contributed by atoms with E-state index in [1.165, 1.54) is 0 Å². The standard InChI is InChI=1S/C10H8F7NO3S/c1-18(2)22(19,20)9-7(14)5(12)4(11)6(13)8(9)21-3-10(15,16)17/h3H2,1-2H3. The molecule has 0 bridgehead atoms. The van der Waals surface area contributed by atoms with Crippen LogP contribution in [-0.4, -0.2) is 39.6 Å². The summed E-state index contributed by atoms with van der Waals surface area (Å²) in [5.74, 6) is -11.6. The third-order valence-corrected chi connectivity index (χ3v) is 4.14. The molecule has 0 spiro atoms. The number of rotatable bonds is 4. The fourth-order valence-corrected chi connectivity index (χ4v) is 2.35. The van der Waals surface area contributed by atoms with Gasteiger partial charge in [0.15, 0.2) is 28.9 Å². The zero-order valence-electron chi connectivity index (χ0n) is 10.9. The molecule has 22 heavy (non-hydrogen) atoms. The molecular weight excluding hydrogens is 347 g/mol. The van der Waals surface area contributed by atoms with E-state index in [-0.39, 0.29) is 4.31 Å². The Kier molecular flexibility index (Phi) is 4.97. The van der Waals surface area contributed by atoms with E-state index in [1.54, 1.807) is 0 Å². The minimum Gasteiger partial charge on any atom is -0.479 e. The second-order valence-corrected chi connectivity index (χ2v) is 6.19. The van der Waals surface area contributed by atoms with E-state index in [0.29, 0.717) is 0 Å². The molecule has 0 radical (unpaired) electrons. The summed E-state index contributed by atoms with van der Waals surface area (Å²) >= 11 is 0. The zero-order valence-corrected chi connectivity index (χ0v) is 11.7. The van der Waals surface area contributed by atoms with Gasteiger partial charge in [-0.25, -0.2) is 25.9 Å². The highest BCUT2D eigenvalue weighted by Crippen LogP contribution is 2.36. The SMILES string of the molecule is CN(C)S(=O)(=O)c1c(F)c(F)c(F)c(F)c1OCC(F)(F)F. The lowest BCUT2D eigenvalue weighted by Crippen LogP contribution is -2.27. The monoisotopic (exact) mass is 355 g/mol. The average Bonchev–Trinajstić information content (AvgIpc) is 2.37. The first-order valence-corrected chi connectivity index (χ1v) is 6.72. The van der Waals surface area contributed by atoms with Crippen LogP contribution in [0.5, 0.6) is 5.75 Å². The molecule has 126 valence electrons. The van der Waals surface area contributed by atoms with Crippen molar-refractivity contribution in [3.8, 4) is 5.75 Å². The van der Waals surface area contributed by atoms with Gasteiger partial charge in [0.2, 0.25) is 21.7 Å². The maximum atomic E-state index is 13.6. The highest BCUT2D eigenvalue weighted by atomic mass is 32.2. The summed E-state index contributed by atoms with van der Waals surface area (Å²) in [5, 5.41) is 0. The molecule has 0 amide bonds. The summed E-state index contributed by atoms with van der Waals surface area (Å²) in [5.41, 5.74) is 0. The molecule has 12 heteroatoms. The number of sulfonamides is 1. The Bertz CT molecular complexity index is 685. The van der Waals surface area contributed by atoms with Crippen molar-refractivity contribution in [2.24, 2.45) is 0 Å². The predicted octanol–water partition coefficient (Wildman–Crippen LogP) is 2.43. The molecule has 1 aromatic rings. The molecular formula is C10H8F7NO3S. The first kappa shape index (κ1) is 18.5. The van der Waals surface area contributed by atoms with Crippen LogP contribution >= 0.6 is 0 Å². The number of hydrogen-bond donors (Lipinski definition) is 0. The number of ether oxygens (including phenoxy) is 1. The number of halogens is 7. The highest BCUT2D eigenvalue weighted by molar-refractivity contribution is 7.89. The van der Waals surface area contributed by atoms with Crippen LogP contribution in [0.4, 0.5) is 30.7 Å². The van der Waals surface area contributed by atoms with Crippen molar-refractivity contribution in [3.05, 3.63) is 23.3 Å². The van der Waals surface area contributed by atoms with Gasteiger partial charge in [-0.05, 0) is 0 Å². The first-order valence-electron chi connectivity index (χ1n) is 5.28. The van der Waals surface area contributed by atoms with Gasteiger partial charge in [0.05, 0.1) is 0 Å². The molecule has 4 nitrogen and oxygen atoms in total. The van der Waals surface area contributed by atoms with Crippen LogP contribution in [0, 0.1) is 23.3 Å². The van der Waals surface area contributed by atoms with Crippen LogP contribution in [0.3, 0.4) is 0 Å². The summed E-state index contributed by atoms with van der Waals surface area (Å²) in [7, 11) is -3.31. The van der Waals surface area contributed by atoms with Crippen LogP contribution in [0.15, 0.2) is 4.90 Å². The van der Waals surface area contributed by atoms with Crippen molar-refractivity contribution in [1.29, 1.82) is 0 Å². The van der Waals surface area contributed by atoms with E-state index < -0.39 is 56.7 Å². The van der Waals surface area contributed by atoms with Crippen molar-refractivity contribution < 1.29 is 43.9 Å². The van der Waals surface area contributed by atoms with Gasteiger partial charge in [-0.3, -0.25) is 0 Å². The van der Waals surface area contributed by atoms with Gasteiger partial charge in [-0.15, -0.1) is 0 Å². The van der Waals surface area contributed by atoms with Crippen LogP contribution in [0.25, 0.3) is 0 Å². The van der Waals surface area contributed by atoms with Gasteiger partial charge in [0.1, 0.15) is 0 Å². The Hall–Kier alpha value is -1.56. The normalized spacial score (nSPS) is 12.8. The third-order valence-electron chi connectivity index (χ3n) is 2.30. The van der Waals surface area contributed by atoms with E-state index in [1.807, 2.05) is 0 Å². The fraction of sp³-hybridized carbons (Fsp3) is 0.400. The molecule has 0 saturated carbocycles. The minimum atomic E-state index is -5.05. The van der Waals surface area contributed by atoms with Gasteiger partial charge in [-0.1, -0.05) is 0 Å². The van der Waals surface area contributed by atoms with Crippen molar-refractivity contribution in [1.82, 2.24) is 4.31 Å². The molecule has 0 fully saturated rings. The van der Waals surface area contributed by atoms with E-state index >= 15 is 0 Å². The number of nitrogens with zero attached hydrogens (tertiary/aromatic N) is 1. The topological polar surface area (TPSA) is 46.6 Å². The number of alkyl halides is 3. The van der Waals surface area contributed by atoms with Gasteiger partial charge < -0.3 is 4.74 Å². The number of benzene rings is 1. The average molecular weight is 355 g/mol. The third kappa shape index (κ3) is 3.43. The van der Waals surface area contributed by atoms with Crippen molar-refractivity contribution in [3.63, 3.8) is 0 Å². The Morgan fingerprint density at radius 3 is 1.82 bits per heavy atom. The van der Waals surface area contributed by atoms with E-state index in [4.69, 9.17) is 0 Å². The summed E-state index contributed by atoms with van der Waals surface area (Å²) < 4.78 is 117. The lowest BCUT2D eigenvalue weighted by atomic mass is 10.3. The maximum Gasteiger partial charge on any atom is 0.422 e. The molecule has 0 saturated heterocycles. The second kappa shape index (κ2) is 5.91. The lowest BCUT2D eigenvalue weighted by Gasteiger charge is -2.18. The van der Waals surface area contributed by atoms with Gasteiger partial charge in [0.25, 0.3) is 0 Å². The fourth-order valence-electron chi connectivity index (χ4n) is 1.29. The Morgan fingerprint density at radius 1 is 0.955 bits per heavy atom. The van der Waals surface area contributed by atoms with Gasteiger partial charge >= 0.3 is 6.18 Å². The summed E-state index contributed by atoms with van der Waals surface area (Å²) in [6.45, 7) is -2.23. The van der Waals surface area contributed by atoms with Crippen molar-refractivity contribution in [2.75, 3.05) is 20.7 Å². The zero-order chi connectivity index (χ0) is 17.5. The van der Waals surface area contributed by atoms with Crippen LogP contribution in [0.1, 0.15) is 0 Å².